The molecule has 4 nitrogen and oxygen atoms in total. The molecule has 0 aliphatic carbocycles. The Bertz CT molecular complexity index is 497. The van der Waals surface area contributed by atoms with Gasteiger partial charge in [0.2, 0.25) is 0 Å². The molecule has 0 aliphatic heterocycles. The number of hydrogen-bond acceptors (Lipinski definition) is 4. The van der Waals surface area contributed by atoms with Gasteiger partial charge in [0.15, 0.2) is 5.16 Å². The van der Waals surface area contributed by atoms with Crippen LogP contribution in [0.25, 0.3) is 0 Å². The van der Waals surface area contributed by atoms with E-state index in [1.54, 1.807) is 22.8 Å². The second-order valence-corrected chi connectivity index (χ2v) is 5.16. The molecule has 0 amide bonds. The topological polar surface area (TPSA) is 56.7 Å². The number of benzene rings is 1. The fourth-order valence-electron chi connectivity index (χ4n) is 1.26. The Balaban J connectivity index is 2.08. The Morgan fingerprint density at radius 2 is 2.31 bits per heavy atom. The van der Waals surface area contributed by atoms with Crippen molar-refractivity contribution in [1.29, 1.82) is 0 Å². The summed E-state index contributed by atoms with van der Waals surface area (Å²) in [7, 11) is 1.88. The average Bonchev–Trinajstić information content (AvgIpc) is 2.63. The second-order valence-electron chi connectivity index (χ2n) is 3.30. The van der Waals surface area contributed by atoms with Gasteiger partial charge < -0.3 is 5.73 Å². The number of hydrogen-bond donors (Lipinski definition) is 1. The van der Waals surface area contributed by atoms with E-state index in [1.807, 2.05) is 25.2 Å². The molecule has 6 heteroatoms. The van der Waals surface area contributed by atoms with E-state index in [0.717, 1.165) is 26.6 Å². The van der Waals surface area contributed by atoms with Gasteiger partial charge in [0.25, 0.3) is 0 Å². The zero-order valence-corrected chi connectivity index (χ0v) is 11.1. The molecule has 0 atom stereocenters. The zero-order chi connectivity index (χ0) is 11.5. The summed E-state index contributed by atoms with van der Waals surface area (Å²) in [5, 5.41) is 4.90. The summed E-state index contributed by atoms with van der Waals surface area (Å²) in [6.45, 7) is 0. The average molecular weight is 299 g/mol. The Morgan fingerprint density at radius 3 is 2.94 bits per heavy atom. The smallest absolute Gasteiger partial charge is 0.186 e. The highest BCUT2D eigenvalue weighted by atomic mass is 79.9. The van der Waals surface area contributed by atoms with Crippen LogP contribution in [0.1, 0.15) is 5.56 Å². The predicted molar refractivity (Wildman–Crippen MR) is 69.1 cm³/mol. The summed E-state index contributed by atoms with van der Waals surface area (Å²) < 4.78 is 2.75. The van der Waals surface area contributed by atoms with Crippen LogP contribution in [0.3, 0.4) is 0 Å². The van der Waals surface area contributed by atoms with E-state index in [1.165, 1.54) is 0 Å². The molecule has 0 radical (unpaired) electrons. The highest BCUT2D eigenvalue weighted by Gasteiger charge is 2.04. The highest BCUT2D eigenvalue weighted by molar-refractivity contribution is 9.10. The summed E-state index contributed by atoms with van der Waals surface area (Å²) in [5.74, 6) is 0.797. The van der Waals surface area contributed by atoms with Gasteiger partial charge in [-0.05, 0) is 17.7 Å². The number of halogens is 1. The minimum atomic E-state index is 0.795. The van der Waals surface area contributed by atoms with Crippen molar-refractivity contribution in [2.45, 2.75) is 10.9 Å². The minimum Gasteiger partial charge on any atom is -0.398 e. The van der Waals surface area contributed by atoms with Crippen molar-refractivity contribution in [3.05, 3.63) is 34.6 Å². The molecule has 0 saturated carbocycles. The maximum absolute atomic E-state index is 5.91. The first-order valence-electron chi connectivity index (χ1n) is 4.67. The molecule has 0 saturated heterocycles. The number of rotatable bonds is 3. The lowest BCUT2D eigenvalue weighted by Gasteiger charge is -2.05. The standard InChI is InChI=1S/C10H11BrN4S/c1-15-10(13-6-14-15)16-5-7-2-3-8(11)4-9(7)12/h2-4,6H,5,12H2,1H3. The van der Waals surface area contributed by atoms with Gasteiger partial charge in [-0.2, -0.15) is 5.10 Å². The van der Waals surface area contributed by atoms with Crippen LogP contribution in [0.15, 0.2) is 34.2 Å². The molecule has 2 N–H and O–H groups in total. The lowest BCUT2D eigenvalue weighted by molar-refractivity contribution is 0.685. The van der Waals surface area contributed by atoms with E-state index in [9.17, 15) is 0 Å². The number of aromatic nitrogens is 3. The predicted octanol–water partition coefficient (Wildman–Crippen LogP) is 2.45. The van der Waals surface area contributed by atoms with Crippen molar-refractivity contribution in [3.8, 4) is 0 Å². The minimum absolute atomic E-state index is 0.795. The number of nitrogen functional groups attached to an aromatic ring is 1. The van der Waals surface area contributed by atoms with Crippen molar-refractivity contribution >= 4 is 33.4 Å². The second kappa shape index (κ2) is 4.88. The van der Waals surface area contributed by atoms with E-state index in [2.05, 4.69) is 26.0 Å². The van der Waals surface area contributed by atoms with Gasteiger partial charge in [-0.15, -0.1) is 0 Å². The molecule has 84 valence electrons. The third kappa shape index (κ3) is 2.56. The Kier molecular flexibility index (Phi) is 3.50. The van der Waals surface area contributed by atoms with Gasteiger partial charge in [0.1, 0.15) is 6.33 Å². The van der Waals surface area contributed by atoms with Gasteiger partial charge in [-0.3, -0.25) is 0 Å². The number of nitrogens with two attached hydrogens (primary N) is 1. The Labute approximate surface area is 106 Å². The Morgan fingerprint density at radius 1 is 1.50 bits per heavy atom. The summed E-state index contributed by atoms with van der Waals surface area (Å²) in [6, 6.07) is 5.91. The van der Waals surface area contributed by atoms with E-state index in [4.69, 9.17) is 5.73 Å². The van der Waals surface area contributed by atoms with Crippen LogP contribution in [0.5, 0.6) is 0 Å². The normalized spacial score (nSPS) is 10.6. The largest absolute Gasteiger partial charge is 0.398 e. The molecule has 16 heavy (non-hydrogen) atoms. The van der Waals surface area contributed by atoms with Gasteiger partial charge in [-0.1, -0.05) is 33.8 Å². The first-order valence-corrected chi connectivity index (χ1v) is 6.45. The summed E-state index contributed by atoms with van der Waals surface area (Å²) in [6.07, 6.45) is 1.55. The summed E-state index contributed by atoms with van der Waals surface area (Å²) in [4.78, 5) is 4.14. The van der Waals surface area contributed by atoms with E-state index < -0.39 is 0 Å². The van der Waals surface area contributed by atoms with Gasteiger partial charge in [0, 0.05) is 23.0 Å². The third-order valence-electron chi connectivity index (χ3n) is 2.13. The molecule has 2 rings (SSSR count). The molecule has 1 aromatic heterocycles. The number of nitrogens with zero attached hydrogens (tertiary/aromatic N) is 3. The van der Waals surface area contributed by atoms with Crippen molar-refractivity contribution in [3.63, 3.8) is 0 Å². The fourth-order valence-corrected chi connectivity index (χ4v) is 2.54. The maximum Gasteiger partial charge on any atom is 0.186 e. The number of aryl methyl sites for hydroxylation is 1. The van der Waals surface area contributed by atoms with Crippen LogP contribution >= 0.6 is 27.7 Å². The molecule has 0 bridgehead atoms. The molecular weight excluding hydrogens is 288 g/mol. The highest BCUT2D eigenvalue weighted by Crippen LogP contribution is 2.25. The van der Waals surface area contributed by atoms with E-state index in [0.29, 0.717) is 0 Å². The molecule has 1 heterocycles. The molecule has 0 fully saturated rings. The number of anilines is 1. The van der Waals surface area contributed by atoms with Gasteiger partial charge in [-0.25, -0.2) is 9.67 Å². The first kappa shape index (κ1) is 11.5. The van der Waals surface area contributed by atoms with Crippen molar-refractivity contribution in [1.82, 2.24) is 14.8 Å². The molecule has 0 aliphatic rings. The molecule has 0 unspecified atom stereocenters. The van der Waals surface area contributed by atoms with Crippen molar-refractivity contribution in [2.75, 3.05) is 5.73 Å². The molecule has 0 spiro atoms. The molecule has 2 aromatic rings. The van der Waals surface area contributed by atoms with Crippen LogP contribution in [-0.2, 0) is 12.8 Å². The van der Waals surface area contributed by atoms with Crippen molar-refractivity contribution < 1.29 is 0 Å². The first-order chi connectivity index (χ1) is 7.66. The lowest BCUT2D eigenvalue weighted by atomic mass is 10.2. The Hall–Kier alpha value is -1.01. The van der Waals surface area contributed by atoms with Crippen LogP contribution in [0, 0.1) is 0 Å². The van der Waals surface area contributed by atoms with Crippen LogP contribution in [0.4, 0.5) is 5.69 Å². The quantitative estimate of drug-likeness (QED) is 0.698. The lowest BCUT2D eigenvalue weighted by Crippen LogP contribution is -1.95. The van der Waals surface area contributed by atoms with Gasteiger partial charge in [0.05, 0.1) is 0 Å². The van der Waals surface area contributed by atoms with E-state index >= 15 is 0 Å². The van der Waals surface area contributed by atoms with Crippen LogP contribution in [0.2, 0.25) is 0 Å². The van der Waals surface area contributed by atoms with E-state index in [-0.39, 0.29) is 0 Å². The monoisotopic (exact) mass is 298 g/mol. The SMILES string of the molecule is Cn1ncnc1SCc1ccc(Br)cc1N. The third-order valence-corrected chi connectivity index (χ3v) is 3.71. The summed E-state index contributed by atoms with van der Waals surface area (Å²) >= 11 is 5.01. The van der Waals surface area contributed by atoms with Crippen molar-refractivity contribution in [2.24, 2.45) is 7.05 Å². The van der Waals surface area contributed by atoms with Crippen LogP contribution < -0.4 is 5.73 Å². The van der Waals surface area contributed by atoms with Gasteiger partial charge >= 0.3 is 0 Å². The summed E-state index contributed by atoms with van der Waals surface area (Å²) in [5.41, 5.74) is 7.82. The molecule has 1 aromatic carbocycles. The fraction of sp³-hybridized carbons (Fsp3) is 0.200. The zero-order valence-electron chi connectivity index (χ0n) is 8.72. The van der Waals surface area contributed by atoms with Crippen LogP contribution in [-0.4, -0.2) is 14.8 Å². The number of thioether (sulfide) groups is 1. The maximum atomic E-state index is 5.91. The molecular formula is C10H11BrN4S.